The van der Waals surface area contributed by atoms with E-state index in [4.69, 9.17) is 5.11 Å². The molecule has 2 amide bonds. The zero-order chi connectivity index (χ0) is 14.4. The Kier molecular flexibility index (Phi) is 6.08. The van der Waals surface area contributed by atoms with Crippen molar-refractivity contribution >= 4 is 12.0 Å². The maximum atomic E-state index is 12.1. The molecule has 1 saturated heterocycles. The normalized spacial score (nSPS) is 23.9. The van der Waals surface area contributed by atoms with Crippen LogP contribution in [0.3, 0.4) is 0 Å². The van der Waals surface area contributed by atoms with Crippen molar-refractivity contribution in [1.82, 2.24) is 15.3 Å². The molecule has 6 heteroatoms. The number of carbonyl (C=O) groups is 2. The minimum atomic E-state index is -0.983. The molecule has 110 valence electrons. The average molecular weight is 271 g/mol. The molecule has 6 nitrogen and oxygen atoms in total. The fraction of sp³-hybridized carbons (Fsp3) is 0.846. The second-order valence-electron chi connectivity index (χ2n) is 5.27. The van der Waals surface area contributed by atoms with E-state index in [0.29, 0.717) is 18.6 Å². The van der Waals surface area contributed by atoms with Crippen LogP contribution in [0, 0.1) is 0 Å². The summed E-state index contributed by atoms with van der Waals surface area (Å²) in [5.74, 6) is -0.983. The molecule has 0 bridgehead atoms. The van der Waals surface area contributed by atoms with Crippen molar-refractivity contribution in [3.8, 4) is 0 Å². The second-order valence-corrected chi connectivity index (χ2v) is 5.27. The lowest BCUT2D eigenvalue weighted by molar-refractivity contribution is -0.137. The number of hydrogen-bond donors (Lipinski definition) is 2. The first-order chi connectivity index (χ1) is 8.95. The van der Waals surface area contributed by atoms with Crippen LogP contribution in [-0.4, -0.2) is 52.2 Å². The molecule has 2 N–H and O–H groups in total. The highest BCUT2D eigenvalue weighted by atomic mass is 16.4. The van der Waals surface area contributed by atoms with E-state index in [1.54, 1.807) is 0 Å². The number of piperidine rings is 1. The topological polar surface area (TPSA) is 72.9 Å². The monoisotopic (exact) mass is 271 g/mol. The first-order valence-electron chi connectivity index (χ1n) is 7.01. The number of hydrogen-bond acceptors (Lipinski definition) is 3. The number of carbonyl (C=O) groups excluding carboxylic acids is 1. The summed E-state index contributed by atoms with van der Waals surface area (Å²) < 4.78 is 0. The third-order valence-corrected chi connectivity index (χ3v) is 3.53. The number of urea groups is 1. The van der Waals surface area contributed by atoms with E-state index < -0.39 is 5.97 Å². The molecular weight excluding hydrogens is 246 g/mol. The maximum Gasteiger partial charge on any atom is 0.332 e. The van der Waals surface area contributed by atoms with Crippen LogP contribution in [0.4, 0.5) is 4.79 Å². The van der Waals surface area contributed by atoms with Crippen LogP contribution >= 0.6 is 0 Å². The van der Waals surface area contributed by atoms with Gasteiger partial charge in [-0.2, -0.15) is 0 Å². The van der Waals surface area contributed by atoms with Gasteiger partial charge in [-0.25, -0.2) is 9.80 Å². The van der Waals surface area contributed by atoms with Crippen molar-refractivity contribution in [2.24, 2.45) is 0 Å². The van der Waals surface area contributed by atoms with Crippen LogP contribution in [-0.2, 0) is 4.79 Å². The summed E-state index contributed by atoms with van der Waals surface area (Å²) in [7, 11) is 0. The predicted octanol–water partition coefficient (Wildman–Crippen LogP) is 1.67. The molecule has 0 aliphatic carbocycles. The Balaban J connectivity index is 2.61. The molecule has 1 rings (SSSR count). The number of hydrazine groups is 1. The Morgan fingerprint density at radius 2 is 1.89 bits per heavy atom. The van der Waals surface area contributed by atoms with Crippen LogP contribution in [0.1, 0.15) is 46.5 Å². The van der Waals surface area contributed by atoms with Crippen molar-refractivity contribution in [3.05, 3.63) is 0 Å². The van der Waals surface area contributed by atoms with Crippen LogP contribution in [0.2, 0.25) is 0 Å². The van der Waals surface area contributed by atoms with E-state index in [1.807, 2.05) is 11.9 Å². The number of nitrogens with one attached hydrogen (secondary N) is 1. The van der Waals surface area contributed by atoms with Gasteiger partial charge in [0, 0.05) is 18.6 Å². The van der Waals surface area contributed by atoms with Crippen molar-refractivity contribution in [2.75, 3.05) is 13.1 Å². The smallest absolute Gasteiger partial charge is 0.332 e. The first-order valence-corrected chi connectivity index (χ1v) is 7.01. The van der Waals surface area contributed by atoms with E-state index in [1.165, 1.54) is 11.3 Å². The molecule has 2 unspecified atom stereocenters. The molecular formula is C13H25N3O3. The number of carboxylic acids is 1. The quantitative estimate of drug-likeness (QED) is 0.798. The summed E-state index contributed by atoms with van der Waals surface area (Å²) in [5, 5.41) is 10.8. The number of nitrogens with zero attached hydrogens (tertiary/aromatic N) is 2. The minimum absolute atomic E-state index is 0.254. The predicted molar refractivity (Wildman–Crippen MR) is 72.6 cm³/mol. The van der Waals surface area contributed by atoms with Crippen LogP contribution < -0.4 is 5.43 Å². The Morgan fingerprint density at radius 1 is 1.32 bits per heavy atom. The van der Waals surface area contributed by atoms with E-state index in [2.05, 4.69) is 19.3 Å². The molecule has 0 radical (unpaired) electrons. The second kappa shape index (κ2) is 7.33. The standard InChI is InChI=1S/C13H25N3O3/c1-4-8-15(9-12(17)18)13(19)14-16-10(2)6-5-7-11(16)3/h10-11H,4-9H2,1-3H3,(H,14,19)(H,17,18). The van der Waals surface area contributed by atoms with Crippen molar-refractivity contribution in [1.29, 1.82) is 0 Å². The lowest BCUT2D eigenvalue weighted by Crippen LogP contribution is -2.57. The van der Waals surface area contributed by atoms with Crippen LogP contribution in [0.25, 0.3) is 0 Å². The van der Waals surface area contributed by atoms with Gasteiger partial charge in [-0.3, -0.25) is 10.2 Å². The highest BCUT2D eigenvalue weighted by molar-refractivity contribution is 5.79. The van der Waals surface area contributed by atoms with Gasteiger partial charge < -0.3 is 10.0 Å². The maximum absolute atomic E-state index is 12.1. The van der Waals surface area contributed by atoms with Gasteiger partial charge in [0.2, 0.25) is 0 Å². The first kappa shape index (κ1) is 15.8. The number of carboxylic acid groups (broad SMARTS) is 1. The Bertz CT molecular complexity index is 312. The molecule has 19 heavy (non-hydrogen) atoms. The number of amides is 2. The highest BCUT2D eigenvalue weighted by Crippen LogP contribution is 2.20. The van der Waals surface area contributed by atoms with Crippen LogP contribution in [0.15, 0.2) is 0 Å². The van der Waals surface area contributed by atoms with Gasteiger partial charge in [0.1, 0.15) is 6.54 Å². The molecule has 1 fully saturated rings. The third-order valence-electron chi connectivity index (χ3n) is 3.53. The molecule has 0 aromatic rings. The molecule has 0 aromatic carbocycles. The largest absolute Gasteiger partial charge is 0.480 e. The Hall–Kier alpha value is -1.30. The number of aliphatic carboxylic acids is 1. The third kappa shape index (κ3) is 4.70. The SMILES string of the molecule is CCCN(CC(=O)O)C(=O)NN1C(C)CCCC1C. The fourth-order valence-corrected chi connectivity index (χ4v) is 2.51. The molecule has 2 atom stereocenters. The van der Waals surface area contributed by atoms with Gasteiger partial charge in [0.25, 0.3) is 0 Å². The Labute approximate surface area is 114 Å². The Morgan fingerprint density at radius 3 is 2.37 bits per heavy atom. The zero-order valence-corrected chi connectivity index (χ0v) is 12.1. The summed E-state index contributed by atoms with van der Waals surface area (Å²) in [5.41, 5.74) is 2.87. The summed E-state index contributed by atoms with van der Waals surface area (Å²) in [4.78, 5) is 24.3. The molecule has 1 aliphatic heterocycles. The van der Waals surface area contributed by atoms with Crippen molar-refractivity contribution in [2.45, 2.75) is 58.5 Å². The lowest BCUT2D eigenvalue weighted by Gasteiger charge is -2.39. The summed E-state index contributed by atoms with van der Waals surface area (Å²) in [6.45, 7) is 6.29. The van der Waals surface area contributed by atoms with Gasteiger partial charge in [0.05, 0.1) is 0 Å². The van der Waals surface area contributed by atoms with Gasteiger partial charge in [-0.15, -0.1) is 0 Å². The van der Waals surface area contributed by atoms with Gasteiger partial charge >= 0.3 is 12.0 Å². The molecule has 1 aliphatic rings. The molecule has 1 heterocycles. The molecule has 0 spiro atoms. The highest BCUT2D eigenvalue weighted by Gasteiger charge is 2.27. The van der Waals surface area contributed by atoms with E-state index in [9.17, 15) is 9.59 Å². The van der Waals surface area contributed by atoms with E-state index >= 15 is 0 Å². The van der Waals surface area contributed by atoms with Gasteiger partial charge in [-0.1, -0.05) is 13.3 Å². The van der Waals surface area contributed by atoms with Gasteiger partial charge in [0.15, 0.2) is 0 Å². The van der Waals surface area contributed by atoms with Crippen molar-refractivity contribution < 1.29 is 14.7 Å². The minimum Gasteiger partial charge on any atom is -0.480 e. The van der Waals surface area contributed by atoms with E-state index in [-0.39, 0.29) is 12.6 Å². The summed E-state index contributed by atoms with van der Waals surface area (Å²) in [6, 6.07) is 0.270. The number of rotatable bonds is 5. The lowest BCUT2D eigenvalue weighted by atomic mass is 10.00. The average Bonchev–Trinajstić information content (AvgIpc) is 2.32. The molecule has 0 saturated carbocycles. The summed E-state index contributed by atoms with van der Waals surface area (Å²) in [6.07, 6.45) is 4.02. The van der Waals surface area contributed by atoms with Crippen LogP contribution in [0.5, 0.6) is 0 Å². The zero-order valence-electron chi connectivity index (χ0n) is 12.1. The van der Waals surface area contributed by atoms with Crippen molar-refractivity contribution in [3.63, 3.8) is 0 Å². The van der Waals surface area contributed by atoms with Gasteiger partial charge in [-0.05, 0) is 33.1 Å². The van der Waals surface area contributed by atoms with E-state index in [0.717, 1.165) is 19.3 Å². The molecule has 0 aromatic heterocycles. The fourth-order valence-electron chi connectivity index (χ4n) is 2.51. The summed E-state index contributed by atoms with van der Waals surface area (Å²) >= 11 is 0.